The minimum atomic E-state index is -0.473. The quantitative estimate of drug-likeness (QED) is 0.778. The first kappa shape index (κ1) is 9.39. The second-order valence-corrected chi connectivity index (χ2v) is 3.12. The molecule has 76 valence electrons. The van der Waals surface area contributed by atoms with Crippen molar-refractivity contribution < 1.29 is 4.79 Å². The third kappa shape index (κ3) is 1.71. The van der Waals surface area contributed by atoms with Crippen LogP contribution in [-0.2, 0) is 0 Å². The van der Waals surface area contributed by atoms with Gasteiger partial charge in [-0.05, 0) is 19.1 Å². The normalized spacial score (nSPS) is 10.2. The summed E-state index contributed by atoms with van der Waals surface area (Å²) in [4.78, 5) is 15.2. The Bertz CT molecular complexity index is 504. The van der Waals surface area contributed by atoms with E-state index in [4.69, 9.17) is 5.73 Å². The standard InChI is InChI=1S/C10H10N4O/c1-7-12-6-14(13-7)9-5-3-2-4-8(9)10(11)15/h2-6H,1H3,(H2,11,15). The Morgan fingerprint density at radius 3 is 2.73 bits per heavy atom. The van der Waals surface area contributed by atoms with Gasteiger partial charge < -0.3 is 5.73 Å². The molecule has 0 spiro atoms. The smallest absolute Gasteiger partial charge is 0.250 e. The number of aromatic nitrogens is 3. The van der Waals surface area contributed by atoms with Crippen LogP contribution in [-0.4, -0.2) is 20.7 Å². The van der Waals surface area contributed by atoms with Gasteiger partial charge in [0.15, 0.2) is 0 Å². The summed E-state index contributed by atoms with van der Waals surface area (Å²) in [7, 11) is 0. The molecule has 0 saturated heterocycles. The summed E-state index contributed by atoms with van der Waals surface area (Å²) in [5.74, 6) is 0.174. The molecule has 0 fully saturated rings. The van der Waals surface area contributed by atoms with Crippen molar-refractivity contribution >= 4 is 5.91 Å². The predicted molar refractivity (Wildman–Crippen MR) is 54.6 cm³/mol. The summed E-state index contributed by atoms with van der Waals surface area (Å²) < 4.78 is 1.54. The van der Waals surface area contributed by atoms with Crippen molar-refractivity contribution in [2.24, 2.45) is 5.73 Å². The number of nitrogens with zero attached hydrogens (tertiary/aromatic N) is 3. The first-order chi connectivity index (χ1) is 7.18. The van der Waals surface area contributed by atoms with Crippen LogP contribution >= 0.6 is 0 Å². The zero-order valence-electron chi connectivity index (χ0n) is 8.21. The third-order valence-corrected chi connectivity index (χ3v) is 2.02. The fraction of sp³-hybridized carbons (Fsp3) is 0.100. The molecule has 5 heteroatoms. The Morgan fingerprint density at radius 2 is 2.13 bits per heavy atom. The van der Waals surface area contributed by atoms with E-state index >= 15 is 0 Å². The van der Waals surface area contributed by atoms with Gasteiger partial charge in [-0.25, -0.2) is 9.67 Å². The summed E-state index contributed by atoms with van der Waals surface area (Å²) in [5, 5.41) is 4.12. The van der Waals surface area contributed by atoms with Crippen molar-refractivity contribution in [1.82, 2.24) is 14.8 Å². The van der Waals surface area contributed by atoms with E-state index in [9.17, 15) is 4.79 Å². The van der Waals surface area contributed by atoms with Gasteiger partial charge in [0.2, 0.25) is 0 Å². The predicted octanol–water partition coefficient (Wildman–Crippen LogP) is 0.675. The Kier molecular flexibility index (Phi) is 2.21. The lowest BCUT2D eigenvalue weighted by Crippen LogP contribution is -2.14. The number of benzene rings is 1. The van der Waals surface area contributed by atoms with E-state index in [1.165, 1.54) is 4.68 Å². The molecule has 1 heterocycles. The Morgan fingerprint density at radius 1 is 1.40 bits per heavy atom. The topological polar surface area (TPSA) is 73.8 Å². The molecule has 2 rings (SSSR count). The molecule has 0 unspecified atom stereocenters. The first-order valence-corrected chi connectivity index (χ1v) is 4.46. The van der Waals surface area contributed by atoms with E-state index in [-0.39, 0.29) is 0 Å². The Balaban J connectivity index is 2.57. The third-order valence-electron chi connectivity index (χ3n) is 2.02. The molecule has 1 amide bonds. The minimum Gasteiger partial charge on any atom is -0.366 e. The van der Waals surface area contributed by atoms with Gasteiger partial charge in [-0.2, -0.15) is 5.10 Å². The zero-order chi connectivity index (χ0) is 10.8. The van der Waals surface area contributed by atoms with E-state index in [0.717, 1.165) is 0 Å². The molecule has 0 atom stereocenters. The summed E-state index contributed by atoms with van der Waals surface area (Å²) >= 11 is 0. The van der Waals surface area contributed by atoms with Gasteiger partial charge in [0.25, 0.3) is 5.91 Å². The van der Waals surface area contributed by atoms with E-state index < -0.39 is 5.91 Å². The van der Waals surface area contributed by atoms with Crippen LogP contribution in [0.2, 0.25) is 0 Å². The highest BCUT2D eigenvalue weighted by atomic mass is 16.1. The van der Waals surface area contributed by atoms with Crippen molar-refractivity contribution in [3.8, 4) is 5.69 Å². The maximum atomic E-state index is 11.2. The van der Waals surface area contributed by atoms with Gasteiger partial charge in [0.05, 0.1) is 11.3 Å². The van der Waals surface area contributed by atoms with Gasteiger partial charge in [0, 0.05) is 0 Å². The molecule has 1 aromatic carbocycles. The van der Waals surface area contributed by atoms with Crippen LogP contribution in [0.4, 0.5) is 0 Å². The van der Waals surface area contributed by atoms with Crippen molar-refractivity contribution in [2.75, 3.05) is 0 Å². The summed E-state index contributed by atoms with van der Waals surface area (Å²) in [6.07, 6.45) is 1.55. The van der Waals surface area contributed by atoms with Crippen LogP contribution in [0, 0.1) is 6.92 Å². The number of nitrogens with two attached hydrogens (primary N) is 1. The van der Waals surface area contributed by atoms with Crippen LogP contribution in [0.5, 0.6) is 0 Å². The molecule has 15 heavy (non-hydrogen) atoms. The van der Waals surface area contributed by atoms with E-state index in [0.29, 0.717) is 17.1 Å². The van der Waals surface area contributed by atoms with Crippen LogP contribution in [0.15, 0.2) is 30.6 Å². The zero-order valence-corrected chi connectivity index (χ0v) is 8.21. The lowest BCUT2D eigenvalue weighted by atomic mass is 10.2. The minimum absolute atomic E-state index is 0.433. The van der Waals surface area contributed by atoms with Gasteiger partial charge in [-0.15, -0.1) is 0 Å². The van der Waals surface area contributed by atoms with E-state index in [2.05, 4.69) is 10.1 Å². The number of primary amides is 1. The first-order valence-electron chi connectivity index (χ1n) is 4.46. The largest absolute Gasteiger partial charge is 0.366 e. The molecule has 0 radical (unpaired) electrons. The lowest BCUT2D eigenvalue weighted by Gasteiger charge is -2.04. The lowest BCUT2D eigenvalue weighted by molar-refractivity contribution is 0.1000. The van der Waals surface area contributed by atoms with Crippen molar-refractivity contribution in [1.29, 1.82) is 0 Å². The number of amides is 1. The summed E-state index contributed by atoms with van der Waals surface area (Å²) in [5.41, 5.74) is 6.34. The number of rotatable bonds is 2. The highest BCUT2D eigenvalue weighted by Crippen LogP contribution is 2.12. The molecule has 5 nitrogen and oxygen atoms in total. The van der Waals surface area contributed by atoms with Crippen molar-refractivity contribution in [3.63, 3.8) is 0 Å². The molecule has 2 N–H and O–H groups in total. The van der Waals surface area contributed by atoms with Crippen molar-refractivity contribution in [3.05, 3.63) is 42.0 Å². The summed E-state index contributed by atoms with van der Waals surface area (Å²) in [6, 6.07) is 7.01. The maximum absolute atomic E-state index is 11.2. The van der Waals surface area contributed by atoms with Gasteiger partial charge in [-0.3, -0.25) is 4.79 Å². The monoisotopic (exact) mass is 202 g/mol. The molecule has 0 saturated carbocycles. The number of carbonyl (C=O) groups is 1. The van der Waals surface area contributed by atoms with Crippen LogP contribution < -0.4 is 5.73 Å². The summed E-state index contributed by atoms with van der Waals surface area (Å²) in [6.45, 7) is 1.78. The molecule has 0 aliphatic rings. The van der Waals surface area contributed by atoms with E-state index in [1.54, 1.807) is 31.5 Å². The molecule has 0 aliphatic carbocycles. The fourth-order valence-corrected chi connectivity index (χ4v) is 1.34. The van der Waals surface area contributed by atoms with Gasteiger partial charge >= 0.3 is 0 Å². The number of aryl methyl sites for hydroxylation is 1. The SMILES string of the molecule is Cc1ncn(-c2ccccc2C(N)=O)n1. The Labute approximate surface area is 86.5 Å². The van der Waals surface area contributed by atoms with Crippen LogP contribution in [0.25, 0.3) is 5.69 Å². The molecular weight excluding hydrogens is 192 g/mol. The highest BCUT2D eigenvalue weighted by molar-refractivity contribution is 5.96. The number of carbonyl (C=O) groups excluding carboxylic acids is 1. The van der Waals surface area contributed by atoms with E-state index in [1.807, 2.05) is 6.07 Å². The van der Waals surface area contributed by atoms with Crippen LogP contribution in [0.3, 0.4) is 0 Å². The molecule has 2 aromatic rings. The fourth-order valence-electron chi connectivity index (χ4n) is 1.34. The second kappa shape index (κ2) is 3.53. The number of hydrogen-bond acceptors (Lipinski definition) is 3. The van der Waals surface area contributed by atoms with Gasteiger partial charge in [0.1, 0.15) is 12.2 Å². The second-order valence-electron chi connectivity index (χ2n) is 3.12. The van der Waals surface area contributed by atoms with Crippen molar-refractivity contribution in [2.45, 2.75) is 6.92 Å². The number of para-hydroxylation sites is 1. The van der Waals surface area contributed by atoms with Gasteiger partial charge in [-0.1, -0.05) is 12.1 Å². The number of hydrogen-bond donors (Lipinski definition) is 1. The maximum Gasteiger partial charge on any atom is 0.250 e. The molecule has 0 aliphatic heterocycles. The average Bonchev–Trinajstić information content (AvgIpc) is 2.65. The molecule has 0 bridgehead atoms. The molecular formula is C10H10N4O. The molecule has 1 aromatic heterocycles. The highest BCUT2D eigenvalue weighted by Gasteiger charge is 2.09. The Hall–Kier alpha value is -2.17. The van der Waals surface area contributed by atoms with Crippen LogP contribution in [0.1, 0.15) is 16.2 Å². The average molecular weight is 202 g/mol.